The molecule has 0 aromatic heterocycles. The molecule has 1 aliphatic heterocycles. The summed E-state index contributed by atoms with van der Waals surface area (Å²) < 4.78 is 0. The maximum atomic E-state index is 12.7. The zero-order chi connectivity index (χ0) is 16.1. The van der Waals surface area contributed by atoms with Crippen LogP contribution in [0.15, 0.2) is 30.3 Å². The fraction of sp³-hybridized carbons (Fsp3) is 0.529. The van der Waals surface area contributed by atoms with E-state index < -0.39 is 11.9 Å². The predicted octanol–water partition coefficient (Wildman–Crippen LogP) is 0.930. The zero-order valence-corrected chi connectivity index (χ0v) is 13.3. The van der Waals surface area contributed by atoms with Gasteiger partial charge < -0.3 is 16.0 Å². The number of nitrogens with one attached hydrogen (secondary N) is 1. The van der Waals surface area contributed by atoms with Crippen LogP contribution in [0.5, 0.6) is 0 Å². The van der Waals surface area contributed by atoms with Crippen molar-refractivity contribution in [2.45, 2.75) is 38.8 Å². The number of rotatable bonds is 6. The van der Waals surface area contributed by atoms with Crippen molar-refractivity contribution >= 4 is 11.8 Å². The maximum Gasteiger partial charge on any atom is 0.240 e. The Morgan fingerprint density at radius 1 is 1.36 bits per heavy atom. The largest absolute Gasteiger partial charge is 0.368 e. The van der Waals surface area contributed by atoms with Gasteiger partial charge in [0, 0.05) is 13.1 Å². The van der Waals surface area contributed by atoms with Crippen LogP contribution in [0.1, 0.15) is 25.8 Å². The molecular formula is C17H25N3O2. The summed E-state index contributed by atoms with van der Waals surface area (Å²) in [6.45, 7) is 5.28. The number of carbonyl (C=O) groups excluding carboxylic acids is 2. The van der Waals surface area contributed by atoms with Crippen molar-refractivity contribution < 1.29 is 9.59 Å². The SMILES string of the molecule is CC(C)C[C@H](C(N)=O)N1CCN[C@H](Cc2ccccc2)C1=O. The molecule has 0 radical (unpaired) electrons. The third kappa shape index (κ3) is 4.07. The number of carbonyl (C=O) groups is 2. The van der Waals surface area contributed by atoms with Crippen LogP contribution in [-0.4, -0.2) is 41.9 Å². The lowest BCUT2D eigenvalue weighted by Gasteiger charge is -2.38. The summed E-state index contributed by atoms with van der Waals surface area (Å²) in [5, 5.41) is 3.25. The summed E-state index contributed by atoms with van der Waals surface area (Å²) >= 11 is 0. The third-order valence-electron chi connectivity index (χ3n) is 4.01. The molecule has 2 rings (SSSR count). The summed E-state index contributed by atoms with van der Waals surface area (Å²) in [6, 6.07) is 9.10. The minimum atomic E-state index is -0.507. The van der Waals surface area contributed by atoms with Gasteiger partial charge in [0.2, 0.25) is 11.8 Å². The van der Waals surface area contributed by atoms with E-state index in [0.717, 1.165) is 5.56 Å². The van der Waals surface area contributed by atoms with Gasteiger partial charge in [-0.2, -0.15) is 0 Å². The molecular weight excluding hydrogens is 278 g/mol. The molecule has 1 aliphatic rings. The van der Waals surface area contributed by atoms with Gasteiger partial charge >= 0.3 is 0 Å². The van der Waals surface area contributed by atoms with Gasteiger partial charge in [0.1, 0.15) is 6.04 Å². The van der Waals surface area contributed by atoms with Crippen molar-refractivity contribution in [3.63, 3.8) is 0 Å². The standard InChI is InChI=1S/C17H25N3O2/c1-12(2)10-15(16(18)21)20-9-8-19-14(17(20)22)11-13-6-4-3-5-7-13/h3-7,12,14-15,19H,8-11H2,1-2H3,(H2,18,21)/t14-,15-/m1/s1. The normalized spacial score (nSPS) is 20.2. The summed E-state index contributed by atoms with van der Waals surface area (Å²) in [7, 11) is 0. The molecule has 0 bridgehead atoms. The summed E-state index contributed by atoms with van der Waals surface area (Å²) in [6.07, 6.45) is 1.24. The van der Waals surface area contributed by atoms with Crippen molar-refractivity contribution in [3.8, 4) is 0 Å². The Hall–Kier alpha value is -1.88. The van der Waals surface area contributed by atoms with Gasteiger partial charge in [-0.3, -0.25) is 9.59 Å². The monoisotopic (exact) mass is 303 g/mol. The third-order valence-corrected chi connectivity index (χ3v) is 4.01. The highest BCUT2D eigenvalue weighted by atomic mass is 16.2. The minimum absolute atomic E-state index is 0.0282. The van der Waals surface area contributed by atoms with Gasteiger partial charge in [-0.15, -0.1) is 0 Å². The van der Waals surface area contributed by atoms with Crippen LogP contribution in [-0.2, 0) is 16.0 Å². The van der Waals surface area contributed by atoms with E-state index in [-0.39, 0.29) is 11.9 Å². The zero-order valence-electron chi connectivity index (χ0n) is 13.3. The second-order valence-corrected chi connectivity index (χ2v) is 6.28. The van der Waals surface area contributed by atoms with E-state index in [9.17, 15) is 9.59 Å². The number of benzene rings is 1. The lowest BCUT2D eigenvalue weighted by molar-refractivity contribution is -0.143. The fourth-order valence-electron chi connectivity index (χ4n) is 2.92. The Kier molecular flexibility index (Phi) is 5.55. The average Bonchev–Trinajstić information content (AvgIpc) is 2.48. The second-order valence-electron chi connectivity index (χ2n) is 6.28. The molecule has 22 heavy (non-hydrogen) atoms. The first kappa shape index (κ1) is 16.5. The Morgan fingerprint density at radius 2 is 2.05 bits per heavy atom. The molecule has 0 spiro atoms. The Labute approximate surface area is 131 Å². The van der Waals surface area contributed by atoms with E-state index in [2.05, 4.69) is 5.32 Å². The van der Waals surface area contributed by atoms with Gasteiger partial charge in [-0.25, -0.2) is 0 Å². The highest BCUT2D eigenvalue weighted by Gasteiger charge is 2.35. The summed E-state index contributed by atoms with van der Waals surface area (Å²) in [5.41, 5.74) is 6.63. The minimum Gasteiger partial charge on any atom is -0.368 e. The molecule has 120 valence electrons. The molecule has 2 atom stereocenters. The number of hydrogen-bond acceptors (Lipinski definition) is 3. The van der Waals surface area contributed by atoms with Crippen LogP contribution in [0.25, 0.3) is 0 Å². The van der Waals surface area contributed by atoms with Gasteiger partial charge in [-0.05, 0) is 24.3 Å². The van der Waals surface area contributed by atoms with Gasteiger partial charge in [-0.1, -0.05) is 44.2 Å². The Bertz CT molecular complexity index is 516. The van der Waals surface area contributed by atoms with E-state index in [0.29, 0.717) is 31.8 Å². The number of amides is 2. The number of primary amides is 1. The van der Waals surface area contributed by atoms with Gasteiger partial charge in [0.05, 0.1) is 6.04 Å². The second kappa shape index (κ2) is 7.40. The van der Waals surface area contributed by atoms with Crippen molar-refractivity contribution in [1.82, 2.24) is 10.2 Å². The van der Waals surface area contributed by atoms with Crippen LogP contribution in [0.2, 0.25) is 0 Å². The molecule has 0 saturated carbocycles. The number of piperazine rings is 1. The van der Waals surface area contributed by atoms with E-state index >= 15 is 0 Å². The van der Waals surface area contributed by atoms with Crippen LogP contribution in [0.3, 0.4) is 0 Å². The van der Waals surface area contributed by atoms with Crippen LogP contribution < -0.4 is 11.1 Å². The lowest BCUT2D eigenvalue weighted by Crippen LogP contribution is -2.61. The number of nitrogens with two attached hydrogens (primary N) is 1. The van der Waals surface area contributed by atoms with Crippen LogP contribution in [0, 0.1) is 5.92 Å². The summed E-state index contributed by atoms with van der Waals surface area (Å²) in [5.74, 6) is -0.130. The highest BCUT2D eigenvalue weighted by molar-refractivity contribution is 5.89. The van der Waals surface area contributed by atoms with Gasteiger partial charge in [0.25, 0.3) is 0 Å². The topological polar surface area (TPSA) is 75.4 Å². The first-order valence-electron chi connectivity index (χ1n) is 7.86. The maximum absolute atomic E-state index is 12.7. The molecule has 1 aromatic rings. The Balaban J connectivity index is 2.10. The van der Waals surface area contributed by atoms with E-state index in [1.807, 2.05) is 44.2 Å². The summed E-state index contributed by atoms with van der Waals surface area (Å²) in [4.78, 5) is 26.1. The number of hydrogen-bond donors (Lipinski definition) is 2. The fourth-order valence-corrected chi connectivity index (χ4v) is 2.92. The van der Waals surface area contributed by atoms with Crippen molar-refractivity contribution in [1.29, 1.82) is 0 Å². The van der Waals surface area contributed by atoms with Crippen LogP contribution >= 0.6 is 0 Å². The predicted molar refractivity (Wildman–Crippen MR) is 86.1 cm³/mol. The van der Waals surface area contributed by atoms with E-state index in [1.54, 1.807) is 4.90 Å². The highest BCUT2D eigenvalue weighted by Crippen LogP contribution is 2.16. The molecule has 5 nitrogen and oxygen atoms in total. The smallest absolute Gasteiger partial charge is 0.240 e. The first-order chi connectivity index (χ1) is 10.5. The molecule has 3 N–H and O–H groups in total. The van der Waals surface area contributed by atoms with Crippen LogP contribution in [0.4, 0.5) is 0 Å². The van der Waals surface area contributed by atoms with E-state index in [1.165, 1.54) is 0 Å². The quantitative estimate of drug-likeness (QED) is 0.821. The molecule has 1 heterocycles. The van der Waals surface area contributed by atoms with E-state index in [4.69, 9.17) is 5.73 Å². The lowest BCUT2D eigenvalue weighted by atomic mass is 9.98. The average molecular weight is 303 g/mol. The molecule has 2 amide bonds. The van der Waals surface area contributed by atoms with Crippen molar-refractivity contribution in [2.24, 2.45) is 11.7 Å². The first-order valence-corrected chi connectivity index (χ1v) is 7.86. The Morgan fingerprint density at radius 3 is 2.64 bits per heavy atom. The molecule has 1 saturated heterocycles. The number of nitrogens with zero attached hydrogens (tertiary/aromatic N) is 1. The van der Waals surface area contributed by atoms with Crippen molar-refractivity contribution in [2.75, 3.05) is 13.1 Å². The molecule has 5 heteroatoms. The van der Waals surface area contributed by atoms with Gasteiger partial charge in [0.15, 0.2) is 0 Å². The van der Waals surface area contributed by atoms with Crippen molar-refractivity contribution in [3.05, 3.63) is 35.9 Å². The molecule has 0 aliphatic carbocycles. The molecule has 1 fully saturated rings. The molecule has 1 aromatic carbocycles. The molecule has 0 unspecified atom stereocenters.